The number of aromatic nitrogens is 1. The maximum atomic E-state index is 5.71. The van der Waals surface area contributed by atoms with Crippen molar-refractivity contribution in [2.45, 2.75) is 19.4 Å². The first kappa shape index (κ1) is 13.4. The van der Waals surface area contributed by atoms with E-state index in [1.807, 2.05) is 30.5 Å². The smallest absolute Gasteiger partial charge is 0.161 e. The molecule has 0 bridgehead atoms. The third kappa shape index (κ3) is 2.63. The van der Waals surface area contributed by atoms with E-state index in [-0.39, 0.29) is 6.04 Å². The molecule has 1 unspecified atom stereocenters. The number of nitrogens with one attached hydrogen (secondary N) is 1. The Hall–Kier alpha value is -1.63. The lowest BCUT2D eigenvalue weighted by Gasteiger charge is -2.16. The van der Waals surface area contributed by atoms with E-state index < -0.39 is 0 Å². The van der Waals surface area contributed by atoms with Gasteiger partial charge < -0.3 is 9.47 Å². The van der Waals surface area contributed by atoms with Crippen LogP contribution >= 0.6 is 11.3 Å². The quantitative estimate of drug-likeness (QED) is 0.670. The van der Waals surface area contributed by atoms with Gasteiger partial charge in [-0.1, -0.05) is 6.07 Å². The van der Waals surface area contributed by atoms with Crippen LogP contribution in [0.1, 0.15) is 28.7 Å². The molecule has 3 N–H and O–H groups in total. The standard InChI is InChI=1S/C14H17N3O2S/c1-9-16-11(8-20-9)14(17-15)10-3-4-12-13(7-10)19-6-2-5-18-12/h3-4,7-8,14,17H,2,5-6,15H2,1H3. The van der Waals surface area contributed by atoms with Gasteiger partial charge in [0.25, 0.3) is 0 Å². The molecule has 0 saturated heterocycles. The van der Waals surface area contributed by atoms with E-state index in [9.17, 15) is 0 Å². The van der Waals surface area contributed by atoms with Crippen molar-refractivity contribution in [3.05, 3.63) is 39.8 Å². The van der Waals surface area contributed by atoms with E-state index >= 15 is 0 Å². The van der Waals surface area contributed by atoms with Gasteiger partial charge in [0.1, 0.15) is 0 Å². The van der Waals surface area contributed by atoms with Crippen LogP contribution in [-0.4, -0.2) is 18.2 Å². The molecule has 106 valence electrons. The molecular formula is C14H17N3O2S. The summed E-state index contributed by atoms with van der Waals surface area (Å²) in [5.41, 5.74) is 4.75. The predicted molar refractivity (Wildman–Crippen MR) is 78.1 cm³/mol. The molecule has 20 heavy (non-hydrogen) atoms. The van der Waals surface area contributed by atoms with E-state index in [2.05, 4.69) is 10.4 Å². The summed E-state index contributed by atoms with van der Waals surface area (Å²) in [5, 5.41) is 3.04. The van der Waals surface area contributed by atoms with Crippen molar-refractivity contribution in [2.75, 3.05) is 13.2 Å². The molecule has 1 aliphatic rings. The molecule has 2 heterocycles. The number of aryl methyl sites for hydroxylation is 1. The van der Waals surface area contributed by atoms with Gasteiger partial charge in [0.2, 0.25) is 0 Å². The number of hydrogen-bond donors (Lipinski definition) is 2. The molecule has 0 radical (unpaired) electrons. The Balaban J connectivity index is 1.94. The number of hydrogen-bond acceptors (Lipinski definition) is 6. The Labute approximate surface area is 121 Å². The number of thiazole rings is 1. The first-order valence-electron chi connectivity index (χ1n) is 6.55. The first-order chi connectivity index (χ1) is 9.78. The highest BCUT2D eigenvalue weighted by Gasteiger charge is 2.18. The normalized spacial score (nSPS) is 15.7. The number of fused-ring (bicyclic) bond motifs is 1. The topological polar surface area (TPSA) is 69.4 Å². The zero-order chi connectivity index (χ0) is 13.9. The van der Waals surface area contributed by atoms with E-state index in [1.165, 1.54) is 0 Å². The molecule has 0 saturated carbocycles. The summed E-state index contributed by atoms with van der Waals surface area (Å²) in [6.07, 6.45) is 0.897. The highest BCUT2D eigenvalue weighted by Crippen LogP contribution is 2.34. The molecule has 0 amide bonds. The van der Waals surface area contributed by atoms with Gasteiger partial charge >= 0.3 is 0 Å². The third-order valence-electron chi connectivity index (χ3n) is 3.20. The Morgan fingerprint density at radius 1 is 1.30 bits per heavy atom. The lowest BCUT2D eigenvalue weighted by Crippen LogP contribution is -2.29. The van der Waals surface area contributed by atoms with Gasteiger partial charge in [-0.15, -0.1) is 11.3 Å². The van der Waals surface area contributed by atoms with Crippen LogP contribution in [0.15, 0.2) is 23.6 Å². The summed E-state index contributed by atoms with van der Waals surface area (Å²) < 4.78 is 11.3. The van der Waals surface area contributed by atoms with Crippen molar-refractivity contribution in [3.63, 3.8) is 0 Å². The molecule has 1 atom stereocenters. The summed E-state index contributed by atoms with van der Waals surface area (Å²) >= 11 is 1.61. The predicted octanol–water partition coefficient (Wildman–Crippen LogP) is 2.17. The van der Waals surface area contributed by atoms with Crippen molar-refractivity contribution in [1.29, 1.82) is 0 Å². The number of rotatable bonds is 3. The Kier molecular flexibility index (Phi) is 3.86. The average molecular weight is 291 g/mol. The number of nitrogens with two attached hydrogens (primary N) is 1. The van der Waals surface area contributed by atoms with Crippen molar-refractivity contribution in [1.82, 2.24) is 10.4 Å². The largest absolute Gasteiger partial charge is 0.490 e. The first-order valence-corrected chi connectivity index (χ1v) is 7.43. The van der Waals surface area contributed by atoms with Crippen LogP contribution in [0.25, 0.3) is 0 Å². The molecule has 3 rings (SSSR count). The molecule has 2 aromatic rings. The minimum atomic E-state index is -0.142. The van der Waals surface area contributed by atoms with Crippen LogP contribution in [0.5, 0.6) is 11.5 Å². The fourth-order valence-corrected chi connectivity index (χ4v) is 2.86. The van der Waals surface area contributed by atoms with Crippen molar-refractivity contribution < 1.29 is 9.47 Å². The number of benzene rings is 1. The summed E-state index contributed by atoms with van der Waals surface area (Å²) in [4.78, 5) is 4.49. The van der Waals surface area contributed by atoms with Gasteiger partial charge in [-0.05, 0) is 24.6 Å². The van der Waals surface area contributed by atoms with Crippen LogP contribution in [0.3, 0.4) is 0 Å². The van der Waals surface area contributed by atoms with Crippen LogP contribution in [0.4, 0.5) is 0 Å². The molecule has 0 spiro atoms. The maximum absolute atomic E-state index is 5.71. The van der Waals surface area contributed by atoms with Crippen LogP contribution in [0.2, 0.25) is 0 Å². The third-order valence-corrected chi connectivity index (χ3v) is 4.00. The van der Waals surface area contributed by atoms with E-state index in [0.717, 1.165) is 34.2 Å². The molecule has 6 heteroatoms. The van der Waals surface area contributed by atoms with Crippen LogP contribution in [0, 0.1) is 6.92 Å². The second-order valence-corrected chi connectivity index (χ2v) is 5.71. The molecular weight excluding hydrogens is 274 g/mol. The number of ether oxygens (including phenoxy) is 2. The number of hydrazine groups is 1. The zero-order valence-corrected chi connectivity index (χ0v) is 12.1. The fraction of sp³-hybridized carbons (Fsp3) is 0.357. The number of nitrogens with zero attached hydrogens (tertiary/aromatic N) is 1. The molecule has 0 aliphatic carbocycles. The molecule has 1 aromatic carbocycles. The van der Waals surface area contributed by atoms with Gasteiger partial charge in [-0.3, -0.25) is 5.84 Å². The molecule has 0 fully saturated rings. The van der Waals surface area contributed by atoms with Gasteiger partial charge in [0.05, 0.1) is 30.0 Å². The van der Waals surface area contributed by atoms with E-state index in [0.29, 0.717) is 13.2 Å². The van der Waals surface area contributed by atoms with Crippen LogP contribution in [-0.2, 0) is 0 Å². The fourth-order valence-electron chi connectivity index (χ4n) is 2.22. The highest BCUT2D eigenvalue weighted by atomic mass is 32.1. The lowest BCUT2D eigenvalue weighted by molar-refractivity contribution is 0.297. The second-order valence-electron chi connectivity index (χ2n) is 4.65. The van der Waals surface area contributed by atoms with E-state index in [4.69, 9.17) is 15.3 Å². The van der Waals surface area contributed by atoms with Gasteiger partial charge in [-0.2, -0.15) is 0 Å². The maximum Gasteiger partial charge on any atom is 0.161 e. The minimum absolute atomic E-state index is 0.142. The summed E-state index contributed by atoms with van der Waals surface area (Å²) in [6, 6.07) is 5.75. The Morgan fingerprint density at radius 2 is 2.10 bits per heavy atom. The highest BCUT2D eigenvalue weighted by molar-refractivity contribution is 7.09. The average Bonchev–Trinajstić information content (AvgIpc) is 2.75. The van der Waals surface area contributed by atoms with Crippen molar-refractivity contribution in [3.8, 4) is 11.5 Å². The monoisotopic (exact) mass is 291 g/mol. The van der Waals surface area contributed by atoms with Crippen LogP contribution < -0.4 is 20.7 Å². The summed E-state index contributed by atoms with van der Waals surface area (Å²) in [6.45, 7) is 3.35. The van der Waals surface area contributed by atoms with Crippen molar-refractivity contribution in [2.24, 2.45) is 5.84 Å². The molecule has 1 aromatic heterocycles. The van der Waals surface area contributed by atoms with E-state index in [1.54, 1.807) is 11.3 Å². The second kappa shape index (κ2) is 5.78. The molecule has 1 aliphatic heterocycles. The zero-order valence-electron chi connectivity index (χ0n) is 11.3. The Morgan fingerprint density at radius 3 is 2.80 bits per heavy atom. The van der Waals surface area contributed by atoms with Crippen molar-refractivity contribution >= 4 is 11.3 Å². The molecule has 5 nitrogen and oxygen atoms in total. The van der Waals surface area contributed by atoms with Gasteiger partial charge in [0, 0.05) is 11.8 Å². The minimum Gasteiger partial charge on any atom is -0.490 e. The lowest BCUT2D eigenvalue weighted by atomic mass is 10.0. The SMILES string of the molecule is Cc1nc(C(NN)c2ccc3c(c2)OCCCO3)cs1. The Bertz CT molecular complexity index is 600. The van der Waals surface area contributed by atoms with Gasteiger partial charge in [0.15, 0.2) is 11.5 Å². The summed E-state index contributed by atoms with van der Waals surface area (Å²) in [7, 11) is 0. The summed E-state index contributed by atoms with van der Waals surface area (Å²) in [5.74, 6) is 7.25. The van der Waals surface area contributed by atoms with Gasteiger partial charge in [-0.25, -0.2) is 10.4 Å².